The highest BCUT2D eigenvalue weighted by Crippen LogP contribution is 2.38. The first-order valence-corrected chi connectivity index (χ1v) is 12.3. The number of halogens is 3. The van der Waals surface area contributed by atoms with Gasteiger partial charge in [-0.1, -0.05) is 66.7 Å². The van der Waals surface area contributed by atoms with Crippen LogP contribution in [0.3, 0.4) is 0 Å². The molecule has 1 aromatic heterocycles. The maximum absolute atomic E-state index is 13.0. The molecule has 0 saturated heterocycles. The Morgan fingerprint density at radius 2 is 1.68 bits per heavy atom. The highest BCUT2D eigenvalue weighted by atomic mass is 19.4. The quantitative estimate of drug-likeness (QED) is 0.373. The Balaban J connectivity index is 1.58. The van der Waals surface area contributed by atoms with Gasteiger partial charge in [0, 0.05) is 37.2 Å². The summed E-state index contributed by atoms with van der Waals surface area (Å²) in [5.41, 5.74) is 5.29. The fourth-order valence-corrected chi connectivity index (χ4v) is 5.00. The van der Waals surface area contributed by atoms with Crippen LogP contribution in [-0.4, -0.2) is 23.4 Å². The molecule has 0 fully saturated rings. The average molecular weight is 505 g/mol. The lowest BCUT2D eigenvalue weighted by Crippen LogP contribution is -2.31. The number of hydrogen-bond donors (Lipinski definition) is 0. The van der Waals surface area contributed by atoms with E-state index >= 15 is 0 Å². The van der Waals surface area contributed by atoms with Gasteiger partial charge in [0.15, 0.2) is 5.78 Å². The van der Waals surface area contributed by atoms with E-state index in [1.54, 1.807) is 0 Å². The molecule has 0 amide bonds. The molecular weight excluding hydrogens is 477 g/mol. The van der Waals surface area contributed by atoms with E-state index < -0.39 is 11.9 Å². The summed E-state index contributed by atoms with van der Waals surface area (Å²) in [6.45, 7) is 0. The van der Waals surface area contributed by atoms with Crippen LogP contribution in [-0.2, 0) is 23.8 Å². The zero-order chi connectivity index (χ0) is 26.0. The third kappa shape index (κ3) is 5.45. The molecule has 0 bridgehead atoms. The summed E-state index contributed by atoms with van der Waals surface area (Å²) in [7, 11) is 2.01. The maximum atomic E-state index is 13.0. The number of carbonyl (C=O) groups excluding carboxylic acids is 1. The molecule has 4 nitrogen and oxygen atoms in total. The Morgan fingerprint density at radius 1 is 0.973 bits per heavy atom. The van der Waals surface area contributed by atoms with Crippen LogP contribution >= 0.6 is 0 Å². The van der Waals surface area contributed by atoms with Gasteiger partial charge in [-0.05, 0) is 36.1 Å². The lowest BCUT2D eigenvalue weighted by Gasteiger charge is -2.34. The van der Waals surface area contributed by atoms with Gasteiger partial charge < -0.3 is 9.32 Å². The SMILES string of the molecule is CN1/C(c2ccccc2)=C\CCC2CC(=O)C(Cc3ccc(C(F)(F)F)o3)=N/C2=C/1Cc1ccccc1. The normalized spacial score (nSPS) is 22.0. The second kappa shape index (κ2) is 10.2. The minimum Gasteiger partial charge on any atom is -0.456 e. The second-order valence-corrected chi connectivity index (χ2v) is 9.41. The number of nitrogens with zero attached hydrogens (tertiary/aromatic N) is 2. The monoisotopic (exact) mass is 504 g/mol. The highest BCUT2D eigenvalue weighted by Gasteiger charge is 2.36. The smallest absolute Gasteiger partial charge is 0.449 e. The zero-order valence-corrected chi connectivity index (χ0v) is 20.5. The molecule has 190 valence electrons. The van der Waals surface area contributed by atoms with E-state index in [2.05, 4.69) is 35.2 Å². The van der Waals surface area contributed by atoms with E-state index in [9.17, 15) is 18.0 Å². The van der Waals surface area contributed by atoms with Crippen LogP contribution in [0.2, 0.25) is 0 Å². The molecule has 5 rings (SSSR count). The van der Waals surface area contributed by atoms with Crippen molar-refractivity contribution in [2.24, 2.45) is 10.9 Å². The number of carbonyl (C=O) groups is 1. The number of furan rings is 1. The van der Waals surface area contributed by atoms with Gasteiger partial charge in [0.25, 0.3) is 0 Å². The van der Waals surface area contributed by atoms with Crippen molar-refractivity contribution in [3.05, 3.63) is 113 Å². The molecule has 3 heterocycles. The fraction of sp³-hybridized carbons (Fsp3) is 0.267. The molecule has 1 unspecified atom stereocenters. The summed E-state index contributed by atoms with van der Waals surface area (Å²) < 4.78 is 44.1. The zero-order valence-electron chi connectivity index (χ0n) is 20.5. The number of allylic oxidation sites excluding steroid dienone is 3. The van der Waals surface area contributed by atoms with Gasteiger partial charge in [-0.25, -0.2) is 0 Å². The predicted molar refractivity (Wildman–Crippen MR) is 137 cm³/mol. The van der Waals surface area contributed by atoms with Gasteiger partial charge in [0.1, 0.15) is 5.76 Å². The Kier molecular flexibility index (Phi) is 6.87. The molecule has 0 N–H and O–H groups in total. The van der Waals surface area contributed by atoms with E-state index in [0.717, 1.165) is 47.1 Å². The van der Waals surface area contributed by atoms with E-state index in [1.165, 1.54) is 6.07 Å². The number of hydrogen-bond acceptors (Lipinski definition) is 4. The largest absolute Gasteiger partial charge is 0.456 e. The Hall–Kier alpha value is -3.87. The molecule has 1 atom stereocenters. The third-order valence-electron chi connectivity index (χ3n) is 6.88. The van der Waals surface area contributed by atoms with Gasteiger partial charge in [0.05, 0.1) is 17.8 Å². The number of aliphatic imine (C=N–C) groups is 1. The summed E-state index contributed by atoms with van der Waals surface area (Å²) in [5.74, 6) is -1.20. The molecule has 2 aliphatic rings. The van der Waals surface area contributed by atoms with E-state index in [-0.39, 0.29) is 36.0 Å². The van der Waals surface area contributed by atoms with Gasteiger partial charge in [-0.2, -0.15) is 13.2 Å². The number of Topliss-reactive ketones (excluding diaryl/α,β-unsaturated/α-hetero) is 1. The van der Waals surface area contributed by atoms with Crippen LogP contribution in [0.15, 0.2) is 99.7 Å². The van der Waals surface area contributed by atoms with E-state index in [4.69, 9.17) is 9.41 Å². The fourth-order valence-electron chi connectivity index (χ4n) is 5.00. The standard InChI is InChI=1S/C30H27F3N2O2/c1-35-25(21-11-6-3-7-12-21)14-8-13-22-18-27(36)24(19-23-15-16-28(37-23)30(31,32)33)34-29(22)26(35)17-20-9-4-2-5-10-20/h2-7,9-12,14-16,22H,8,13,17-19H2,1H3/b25-14-,29-26+. The number of rotatable bonds is 5. The number of benzene rings is 2. The highest BCUT2D eigenvalue weighted by molar-refractivity contribution is 6.41. The number of ketones is 1. The molecule has 0 saturated carbocycles. The second-order valence-electron chi connectivity index (χ2n) is 9.41. The molecular formula is C30H27F3N2O2. The van der Waals surface area contributed by atoms with Gasteiger partial charge in [-0.15, -0.1) is 0 Å². The minimum atomic E-state index is -4.57. The molecule has 0 aliphatic carbocycles. The van der Waals surface area contributed by atoms with Crippen LogP contribution in [0.25, 0.3) is 5.70 Å². The van der Waals surface area contributed by atoms with Gasteiger partial charge in [0.2, 0.25) is 5.76 Å². The Bertz CT molecular complexity index is 1370. The average Bonchev–Trinajstić information content (AvgIpc) is 3.36. The Morgan fingerprint density at radius 3 is 2.35 bits per heavy atom. The van der Waals surface area contributed by atoms with Crippen LogP contribution in [0.1, 0.15) is 41.9 Å². The van der Waals surface area contributed by atoms with Crippen molar-refractivity contribution in [2.75, 3.05) is 7.05 Å². The van der Waals surface area contributed by atoms with Gasteiger partial charge in [-0.3, -0.25) is 9.79 Å². The predicted octanol–water partition coefficient (Wildman–Crippen LogP) is 7.09. The van der Waals surface area contributed by atoms with Crippen molar-refractivity contribution in [1.29, 1.82) is 0 Å². The first-order valence-electron chi connectivity index (χ1n) is 12.3. The molecule has 2 aliphatic heterocycles. The van der Waals surface area contributed by atoms with Crippen LogP contribution in [0.5, 0.6) is 0 Å². The van der Waals surface area contributed by atoms with Crippen LogP contribution < -0.4 is 0 Å². The van der Waals surface area contributed by atoms with Crippen LogP contribution in [0.4, 0.5) is 13.2 Å². The van der Waals surface area contributed by atoms with Gasteiger partial charge >= 0.3 is 6.18 Å². The Labute approximate surface area is 213 Å². The van der Waals surface area contributed by atoms with Crippen molar-refractivity contribution in [3.8, 4) is 0 Å². The summed E-state index contributed by atoms with van der Waals surface area (Å²) in [4.78, 5) is 20.0. The van der Waals surface area contributed by atoms with Crippen molar-refractivity contribution in [1.82, 2.24) is 4.90 Å². The number of alkyl halides is 3. The lowest BCUT2D eigenvalue weighted by molar-refractivity contribution is -0.153. The minimum absolute atomic E-state index is 0.0617. The van der Waals surface area contributed by atoms with Crippen molar-refractivity contribution in [3.63, 3.8) is 0 Å². The summed E-state index contributed by atoms with van der Waals surface area (Å²) in [5, 5.41) is 0. The van der Waals surface area contributed by atoms with Crippen LogP contribution in [0, 0.1) is 5.92 Å². The molecule has 7 heteroatoms. The molecule has 3 aromatic rings. The number of fused-ring (bicyclic) bond motifs is 1. The molecule has 2 aromatic carbocycles. The third-order valence-corrected chi connectivity index (χ3v) is 6.88. The molecule has 37 heavy (non-hydrogen) atoms. The lowest BCUT2D eigenvalue weighted by atomic mass is 9.85. The molecule has 0 radical (unpaired) electrons. The number of likely N-dealkylation sites (N-methyl/N-ethyl adjacent to an activating group) is 1. The summed E-state index contributed by atoms with van der Waals surface area (Å²) >= 11 is 0. The topological polar surface area (TPSA) is 45.8 Å². The maximum Gasteiger partial charge on any atom is 0.449 e. The first-order chi connectivity index (χ1) is 17.8. The summed E-state index contributed by atoms with van der Waals surface area (Å²) in [6.07, 6.45) is -0.00244. The van der Waals surface area contributed by atoms with Crippen molar-refractivity contribution >= 4 is 17.2 Å². The van der Waals surface area contributed by atoms with Crippen molar-refractivity contribution < 1.29 is 22.4 Å². The van der Waals surface area contributed by atoms with Crippen molar-refractivity contribution in [2.45, 2.75) is 38.3 Å². The summed E-state index contributed by atoms with van der Waals surface area (Å²) in [6, 6.07) is 22.4. The molecule has 0 spiro atoms. The first kappa shape index (κ1) is 24.8. The van der Waals surface area contributed by atoms with E-state index in [0.29, 0.717) is 6.42 Å². The van der Waals surface area contributed by atoms with E-state index in [1.807, 2.05) is 43.4 Å².